The summed E-state index contributed by atoms with van der Waals surface area (Å²) in [6, 6.07) is 12.5. The van der Waals surface area contributed by atoms with Crippen molar-refractivity contribution in [3.63, 3.8) is 0 Å². The lowest BCUT2D eigenvalue weighted by atomic mass is 9.76. The molecular weight excluding hydrogens is 188 g/mol. The van der Waals surface area contributed by atoms with Gasteiger partial charge in [0.15, 0.2) is 0 Å². The van der Waals surface area contributed by atoms with Crippen LogP contribution in [0.4, 0.5) is 0 Å². The highest BCUT2D eigenvalue weighted by molar-refractivity contribution is 5.26. The lowest BCUT2D eigenvalue weighted by molar-refractivity contribution is -0.0963. The van der Waals surface area contributed by atoms with Crippen LogP contribution >= 0.6 is 0 Å². The van der Waals surface area contributed by atoms with E-state index in [2.05, 4.69) is 11.4 Å². The average molecular weight is 202 g/mol. The van der Waals surface area contributed by atoms with Gasteiger partial charge in [-0.1, -0.05) is 30.3 Å². The molecule has 0 radical (unpaired) electrons. The fourth-order valence-electron chi connectivity index (χ4n) is 2.03. The average Bonchev–Trinajstić information content (AvgIpc) is 2.24. The van der Waals surface area contributed by atoms with E-state index in [1.54, 1.807) is 0 Å². The maximum absolute atomic E-state index is 9.23. The zero-order valence-corrected chi connectivity index (χ0v) is 8.73. The summed E-state index contributed by atoms with van der Waals surface area (Å²) >= 11 is 0. The number of nitriles is 1. The van der Waals surface area contributed by atoms with Crippen molar-refractivity contribution < 1.29 is 4.74 Å². The lowest BCUT2D eigenvalue weighted by Crippen LogP contribution is -2.50. The molecule has 1 atom stereocenters. The van der Waals surface area contributed by atoms with Gasteiger partial charge in [-0.15, -0.1) is 0 Å². The van der Waals surface area contributed by atoms with Crippen LogP contribution in [0, 0.1) is 16.7 Å². The number of rotatable bonds is 3. The van der Waals surface area contributed by atoms with Crippen LogP contribution in [0.15, 0.2) is 30.3 Å². The van der Waals surface area contributed by atoms with Crippen molar-refractivity contribution in [2.24, 2.45) is 5.41 Å². The summed E-state index contributed by atoms with van der Waals surface area (Å²) in [5.74, 6) is 0. The summed E-state index contributed by atoms with van der Waals surface area (Å²) in [7, 11) is 1.88. The van der Waals surface area contributed by atoms with Crippen LogP contribution in [0.3, 0.4) is 0 Å². The van der Waals surface area contributed by atoms with Gasteiger partial charge in [0.1, 0.15) is 5.41 Å². The van der Waals surface area contributed by atoms with Gasteiger partial charge < -0.3 is 10.1 Å². The Bertz CT molecular complexity index is 365. The number of ether oxygens (including phenoxy) is 1. The maximum atomic E-state index is 9.23. The Morgan fingerprint density at radius 1 is 1.40 bits per heavy atom. The van der Waals surface area contributed by atoms with Gasteiger partial charge in [0, 0.05) is 0 Å². The molecule has 3 heteroatoms. The van der Waals surface area contributed by atoms with Gasteiger partial charge in [-0.3, -0.25) is 0 Å². The van der Waals surface area contributed by atoms with Gasteiger partial charge in [0.05, 0.1) is 25.3 Å². The Morgan fingerprint density at radius 2 is 2.07 bits per heavy atom. The Hall–Kier alpha value is -1.37. The van der Waals surface area contributed by atoms with E-state index in [1.165, 1.54) is 0 Å². The van der Waals surface area contributed by atoms with Crippen molar-refractivity contribution in [3.05, 3.63) is 35.9 Å². The fraction of sp³-hybridized carbons (Fsp3) is 0.417. The van der Waals surface area contributed by atoms with Crippen LogP contribution in [-0.4, -0.2) is 20.3 Å². The van der Waals surface area contributed by atoms with Crippen molar-refractivity contribution in [1.29, 1.82) is 5.26 Å². The van der Waals surface area contributed by atoms with Crippen LogP contribution in [0.1, 0.15) is 11.6 Å². The minimum atomic E-state index is -0.393. The summed E-state index contributed by atoms with van der Waals surface area (Å²) in [5, 5.41) is 12.4. The summed E-state index contributed by atoms with van der Waals surface area (Å²) in [6.45, 7) is 1.04. The van der Waals surface area contributed by atoms with E-state index in [1.807, 2.05) is 37.4 Å². The first-order valence-electron chi connectivity index (χ1n) is 5.03. The van der Waals surface area contributed by atoms with Gasteiger partial charge in [-0.25, -0.2) is 0 Å². The molecule has 1 heterocycles. The third-order valence-electron chi connectivity index (χ3n) is 2.92. The molecule has 15 heavy (non-hydrogen) atoms. The van der Waals surface area contributed by atoms with Gasteiger partial charge in [0.25, 0.3) is 0 Å². The molecule has 78 valence electrons. The second-order valence-electron chi connectivity index (χ2n) is 3.89. The Balaban J connectivity index is 2.29. The summed E-state index contributed by atoms with van der Waals surface area (Å²) < 4.78 is 5.17. The van der Waals surface area contributed by atoms with Crippen molar-refractivity contribution >= 4 is 0 Å². The minimum Gasteiger partial charge on any atom is -0.378 e. The number of hydrogen-bond donors (Lipinski definition) is 1. The predicted octanol–water partition coefficient (Wildman–Crippen LogP) is 1.49. The highest BCUT2D eigenvalue weighted by Gasteiger charge is 2.46. The van der Waals surface area contributed by atoms with E-state index in [0.29, 0.717) is 13.2 Å². The molecule has 0 spiro atoms. The van der Waals surface area contributed by atoms with Gasteiger partial charge in [-0.05, 0) is 12.6 Å². The van der Waals surface area contributed by atoms with E-state index < -0.39 is 5.41 Å². The molecule has 2 rings (SSSR count). The second-order valence-corrected chi connectivity index (χ2v) is 3.89. The normalized spacial score (nSPS) is 20.0. The van der Waals surface area contributed by atoms with Crippen molar-refractivity contribution in [1.82, 2.24) is 5.32 Å². The van der Waals surface area contributed by atoms with E-state index in [-0.39, 0.29) is 6.04 Å². The van der Waals surface area contributed by atoms with Crippen molar-refractivity contribution in [2.75, 3.05) is 20.3 Å². The third kappa shape index (κ3) is 1.63. The van der Waals surface area contributed by atoms with E-state index in [9.17, 15) is 5.26 Å². The summed E-state index contributed by atoms with van der Waals surface area (Å²) in [4.78, 5) is 0. The number of nitrogens with zero attached hydrogens (tertiary/aromatic N) is 1. The number of nitrogens with one attached hydrogen (secondary N) is 1. The largest absolute Gasteiger partial charge is 0.378 e. The zero-order chi connectivity index (χ0) is 10.7. The van der Waals surface area contributed by atoms with Crippen molar-refractivity contribution in [3.8, 4) is 6.07 Å². The van der Waals surface area contributed by atoms with Crippen LogP contribution < -0.4 is 5.32 Å². The molecule has 1 aliphatic rings. The molecule has 1 N–H and O–H groups in total. The maximum Gasteiger partial charge on any atom is 0.123 e. The highest BCUT2D eigenvalue weighted by atomic mass is 16.5. The lowest BCUT2D eigenvalue weighted by Gasteiger charge is -2.41. The quantitative estimate of drug-likeness (QED) is 0.807. The summed E-state index contributed by atoms with van der Waals surface area (Å²) in [5.41, 5.74) is 0.751. The minimum absolute atomic E-state index is 0.0532. The number of hydrogen-bond acceptors (Lipinski definition) is 3. The smallest absolute Gasteiger partial charge is 0.123 e. The van der Waals surface area contributed by atoms with Crippen LogP contribution in [0.2, 0.25) is 0 Å². The molecule has 3 nitrogen and oxygen atoms in total. The zero-order valence-electron chi connectivity index (χ0n) is 8.73. The molecule has 0 aliphatic carbocycles. The highest BCUT2D eigenvalue weighted by Crippen LogP contribution is 2.39. The molecule has 1 aromatic rings. The van der Waals surface area contributed by atoms with Gasteiger partial charge in [0.2, 0.25) is 0 Å². The number of benzene rings is 1. The molecule has 0 aromatic heterocycles. The van der Waals surface area contributed by atoms with Crippen LogP contribution in [-0.2, 0) is 4.74 Å². The topological polar surface area (TPSA) is 45.0 Å². The van der Waals surface area contributed by atoms with Crippen LogP contribution in [0.25, 0.3) is 0 Å². The van der Waals surface area contributed by atoms with Crippen LogP contribution in [0.5, 0.6) is 0 Å². The molecule has 0 bridgehead atoms. The predicted molar refractivity (Wildman–Crippen MR) is 57.1 cm³/mol. The van der Waals surface area contributed by atoms with E-state index >= 15 is 0 Å². The molecule has 1 unspecified atom stereocenters. The first-order valence-corrected chi connectivity index (χ1v) is 5.03. The fourth-order valence-corrected chi connectivity index (χ4v) is 2.03. The molecule has 0 amide bonds. The Morgan fingerprint density at radius 3 is 2.47 bits per heavy atom. The SMILES string of the molecule is CNC(c1ccccc1)C1(C#N)COC1. The summed E-state index contributed by atoms with van der Waals surface area (Å²) in [6.07, 6.45) is 0. The standard InChI is InChI=1S/C12H14N2O/c1-14-11(10-5-3-2-4-6-10)12(7-13)8-15-9-12/h2-6,11,14H,8-9H2,1H3. The Kier molecular flexibility index (Phi) is 2.72. The first-order chi connectivity index (χ1) is 7.32. The molecule has 0 saturated carbocycles. The molecular formula is C12H14N2O. The molecule has 1 fully saturated rings. The molecule has 1 aromatic carbocycles. The molecule has 1 aliphatic heterocycles. The first kappa shape index (κ1) is 10.2. The van der Waals surface area contributed by atoms with E-state index in [4.69, 9.17) is 4.74 Å². The third-order valence-corrected chi connectivity index (χ3v) is 2.92. The van der Waals surface area contributed by atoms with Gasteiger partial charge in [-0.2, -0.15) is 5.26 Å². The van der Waals surface area contributed by atoms with E-state index in [0.717, 1.165) is 5.56 Å². The second kappa shape index (κ2) is 4.01. The van der Waals surface area contributed by atoms with Gasteiger partial charge >= 0.3 is 0 Å². The Labute approximate surface area is 89.7 Å². The molecule has 1 saturated heterocycles. The van der Waals surface area contributed by atoms with Crippen molar-refractivity contribution in [2.45, 2.75) is 6.04 Å². The monoisotopic (exact) mass is 202 g/mol.